The third kappa shape index (κ3) is 2.62. The average Bonchev–Trinajstić information content (AvgIpc) is 3.17. The molecule has 24 heavy (non-hydrogen) atoms. The summed E-state index contributed by atoms with van der Waals surface area (Å²) in [4.78, 5) is 15.0. The fourth-order valence-electron chi connectivity index (χ4n) is 2.39. The van der Waals surface area contributed by atoms with Gasteiger partial charge in [0, 0.05) is 35.1 Å². The van der Waals surface area contributed by atoms with Gasteiger partial charge >= 0.3 is 6.18 Å². The Hall–Kier alpha value is -3.17. The molecule has 0 saturated carbocycles. The van der Waals surface area contributed by atoms with Gasteiger partial charge in [0.25, 0.3) is 0 Å². The van der Waals surface area contributed by atoms with Gasteiger partial charge in [0.2, 0.25) is 5.95 Å². The number of aromatic amines is 1. The van der Waals surface area contributed by atoms with E-state index >= 15 is 0 Å². The quantitative estimate of drug-likeness (QED) is 0.602. The van der Waals surface area contributed by atoms with Crippen molar-refractivity contribution in [3.63, 3.8) is 0 Å². The SMILES string of the molecule is FC(F)(F)CNc1ncc2c(-c3ccc4ncnn4c3)c[nH]c2n1. The van der Waals surface area contributed by atoms with Crippen molar-refractivity contribution in [2.24, 2.45) is 0 Å². The van der Waals surface area contributed by atoms with Crippen LogP contribution in [0, 0.1) is 0 Å². The van der Waals surface area contributed by atoms with Crippen molar-refractivity contribution >= 4 is 22.6 Å². The summed E-state index contributed by atoms with van der Waals surface area (Å²) in [6.07, 6.45) is 2.15. The van der Waals surface area contributed by atoms with Gasteiger partial charge in [-0.05, 0) is 12.1 Å². The summed E-state index contributed by atoms with van der Waals surface area (Å²) in [6.45, 7) is -1.19. The highest BCUT2D eigenvalue weighted by Gasteiger charge is 2.27. The summed E-state index contributed by atoms with van der Waals surface area (Å²) < 4.78 is 38.4. The molecule has 4 heterocycles. The van der Waals surface area contributed by atoms with Gasteiger partial charge in [-0.3, -0.25) is 0 Å². The van der Waals surface area contributed by atoms with Gasteiger partial charge < -0.3 is 10.3 Å². The van der Waals surface area contributed by atoms with Crippen LogP contribution in [-0.2, 0) is 0 Å². The summed E-state index contributed by atoms with van der Waals surface area (Å²) in [5.74, 6) is -0.0834. The first-order valence-corrected chi connectivity index (χ1v) is 6.94. The van der Waals surface area contributed by atoms with Crippen LogP contribution in [0.3, 0.4) is 0 Å². The second-order valence-corrected chi connectivity index (χ2v) is 5.11. The van der Waals surface area contributed by atoms with Crippen LogP contribution in [0.15, 0.2) is 37.1 Å². The first-order chi connectivity index (χ1) is 11.5. The Bertz CT molecular complexity index is 1020. The van der Waals surface area contributed by atoms with Gasteiger partial charge in [0.05, 0.1) is 0 Å². The lowest BCUT2D eigenvalue weighted by Crippen LogP contribution is -2.22. The lowest BCUT2D eigenvalue weighted by Gasteiger charge is -2.07. The van der Waals surface area contributed by atoms with Crippen molar-refractivity contribution in [1.29, 1.82) is 0 Å². The molecule has 0 aliphatic heterocycles. The largest absolute Gasteiger partial charge is 0.405 e. The topological polar surface area (TPSA) is 83.8 Å². The summed E-state index contributed by atoms with van der Waals surface area (Å²) >= 11 is 0. The Morgan fingerprint density at radius 1 is 1.21 bits per heavy atom. The Morgan fingerprint density at radius 3 is 2.92 bits per heavy atom. The number of hydrogen-bond donors (Lipinski definition) is 2. The van der Waals surface area contributed by atoms with E-state index in [4.69, 9.17) is 0 Å². The van der Waals surface area contributed by atoms with E-state index in [-0.39, 0.29) is 5.95 Å². The number of nitrogens with one attached hydrogen (secondary N) is 2. The third-order valence-corrected chi connectivity index (χ3v) is 3.46. The highest BCUT2D eigenvalue weighted by atomic mass is 19.4. The van der Waals surface area contributed by atoms with Gasteiger partial charge in [-0.2, -0.15) is 23.3 Å². The molecule has 4 aromatic rings. The van der Waals surface area contributed by atoms with Gasteiger partial charge in [-0.15, -0.1) is 0 Å². The van der Waals surface area contributed by atoms with Crippen LogP contribution in [0.4, 0.5) is 19.1 Å². The monoisotopic (exact) mass is 333 g/mol. The molecule has 0 aromatic carbocycles. The Balaban J connectivity index is 1.69. The average molecular weight is 333 g/mol. The first kappa shape index (κ1) is 14.4. The van der Waals surface area contributed by atoms with E-state index in [1.807, 2.05) is 12.1 Å². The van der Waals surface area contributed by atoms with Crippen LogP contribution >= 0.6 is 0 Å². The number of anilines is 1. The number of rotatable bonds is 3. The number of H-pyrrole nitrogens is 1. The van der Waals surface area contributed by atoms with Crippen LogP contribution in [0.5, 0.6) is 0 Å². The molecular formula is C14H10F3N7. The summed E-state index contributed by atoms with van der Waals surface area (Å²) in [5, 5.41) is 6.94. The molecule has 0 spiro atoms. The highest BCUT2D eigenvalue weighted by Crippen LogP contribution is 2.28. The minimum atomic E-state index is -4.33. The Morgan fingerprint density at radius 2 is 2.08 bits per heavy atom. The number of alkyl halides is 3. The maximum Gasteiger partial charge on any atom is 0.405 e. The van der Waals surface area contributed by atoms with Crippen LogP contribution in [0.1, 0.15) is 0 Å². The molecule has 4 aromatic heterocycles. The Labute approximate surface area is 132 Å². The molecule has 4 rings (SSSR count). The van der Waals surface area contributed by atoms with Gasteiger partial charge in [-0.25, -0.2) is 14.5 Å². The molecule has 0 aliphatic carbocycles. The standard InChI is InChI=1S/C14H10F3N7/c15-14(16,17)6-20-13-19-4-10-9(3-18-12(10)23-13)8-1-2-11-21-7-22-24(11)5-8/h1-5,7H,6H2,(H2,18,19,20,23). The molecule has 0 bridgehead atoms. The second-order valence-electron chi connectivity index (χ2n) is 5.11. The Kier molecular flexibility index (Phi) is 3.12. The van der Waals surface area contributed by atoms with Crippen LogP contribution in [0.25, 0.3) is 27.8 Å². The zero-order valence-corrected chi connectivity index (χ0v) is 12.0. The summed E-state index contributed by atoms with van der Waals surface area (Å²) in [5.41, 5.74) is 2.85. The van der Waals surface area contributed by atoms with E-state index < -0.39 is 12.7 Å². The third-order valence-electron chi connectivity index (χ3n) is 3.46. The fraction of sp³-hybridized carbons (Fsp3) is 0.143. The molecule has 0 saturated heterocycles. The minimum absolute atomic E-state index is 0.0834. The predicted octanol–water partition coefficient (Wildman–Crippen LogP) is 2.64. The van der Waals surface area contributed by atoms with E-state index in [1.165, 1.54) is 12.5 Å². The lowest BCUT2D eigenvalue weighted by atomic mass is 10.1. The van der Waals surface area contributed by atoms with Crippen LogP contribution in [-0.4, -0.2) is 42.3 Å². The van der Waals surface area contributed by atoms with Crippen LogP contribution in [0.2, 0.25) is 0 Å². The van der Waals surface area contributed by atoms with Gasteiger partial charge in [-0.1, -0.05) is 0 Å². The maximum atomic E-state index is 12.2. The van der Waals surface area contributed by atoms with E-state index in [9.17, 15) is 13.2 Å². The molecular weight excluding hydrogens is 323 g/mol. The number of aromatic nitrogens is 6. The zero-order chi connectivity index (χ0) is 16.7. The molecule has 2 N–H and O–H groups in total. The van der Waals surface area contributed by atoms with Crippen molar-refractivity contribution in [1.82, 2.24) is 29.5 Å². The first-order valence-electron chi connectivity index (χ1n) is 6.94. The molecule has 122 valence electrons. The molecule has 0 atom stereocenters. The molecule has 0 aliphatic rings. The van der Waals surface area contributed by atoms with Gasteiger partial charge in [0.1, 0.15) is 18.5 Å². The number of nitrogens with zero attached hydrogens (tertiary/aromatic N) is 5. The summed E-state index contributed by atoms with van der Waals surface area (Å²) in [6, 6.07) is 3.70. The maximum absolute atomic E-state index is 12.2. The fourth-order valence-corrected chi connectivity index (χ4v) is 2.39. The van der Waals surface area contributed by atoms with E-state index in [0.29, 0.717) is 16.7 Å². The molecule has 0 radical (unpaired) electrons. The predicted molar refractivity (Wildman–Crippen MR) is 80.4 cm³/mol. The van der Waals surface area contributed by atoms with Crippen molar-refractivity contribution in [2.75, 3.05) is 11.9 Å². The lowest BCUT2D eigenvalue weighted by molar-refractivity contribution is -0.115. The number of hydrogen-bond acceptors (Lipinski definition) is 5. The smallest absolute Gasteiger partial charge is 0.345 e. The minimum Gasteiger partial charge on any atom is -0.345 e. The molecule has 0 fully saturated rings. The second kappa shape index (κ2) is 5.18. The molecule has 7 nitrogen and oxygen atoms in total. The molecule has 0 amide bonds. The van der Waals surface area contributed by atoms with E-state index in [2.05, 4.69) is 30.4 Å². The normalized spacial score (nSPS) is 12.1. The number of fused-ring (bicyclic) bond motifs is 2. The van der Waals surface area contributed by atoms with Gasteiger partial charge in [0.15, 0.2) is 5.65 Å². The van der Waals surface area contributed by atoms with E-state index in [1.54, 1.807) is 16.9 Å². The number of pyridine rings is 1. The van der Waals surface area contributed by atoms with Crippen molar-refractivity contribution in [3.05, 3.63) is 37.1 Å². The van der Waals surface area contributed by atoms with Crippen LogP contribution < -0.4 is 5.32 Å². The van der Waals surface area contributed by atoms with E-state index in [0.717, 1.165) is 11.1 Å². The van der Waals surface area contributed by atoms with Crippen molar-refractivity contribution in [2.45, 2.75) is 6.18 Å². The highest BCUT2D eigenvalue weighted by molar-refractivity contribution is 5.93. The van der Waals surface area contributed by atoms with Crippen molar-refractivity contribution < 1.29 is 13.2 Å². The molecule has 0 unspecified atom stereocenters. The summed E-state index contributed by atoms with van der Waals surface area (Å²) in [7, 11) is 0. The van der Waals surface area contributed by atoms with Crippen molar-refractivity contribution in [3.8, 4) is 11.1 Å². The zero-order valence-electron chi connectivity index (χ0n) is 12.0. The number of halogens is 3. The molecule has 10 heteroatoms.